The summed E-state index contributed by atoms with van der Waals surface area (Å²) in [5.74, 6) is 1.02. The van der Waals surface area contributed by atoms with Gasteiger partial charge in [-0.3, -0.25) is 4.79 Å². The molecule has 2 aromatic rings. The van der Waals surface area contributed by atoms with Crippen LogP contribution in [-0.2, 0) is 0 Å². The molecule has 3 rings (SSSR count). The Morgan fingerprint density at radius 3 is 2.73 bits per heavy atom. The summed E-state index contributed by atoms with van der Waals surface area (Å²) in [5, 5.41) is 7.76. The second-order valence-electron chi connectivity index (χ2n) is 4.80. The molecule has 22 heavy (non-hydrogen) atoms. The van der Waals surface area contributed by atoms with Gasteiger partial charge in [-0.2, -0.15) is 0 Å². The highest BCUT2D eigenvalue weighted by atomic mass is 79.9. The van der Waals surface area contributed by atoms with Crippen LogP contribution in [0.25, 0.3) is 0 Å². The molecule has 0 N–H and O–H groups in total. The molecule has 1 unspecified atom stereocenters. The smallest absolute Gasteiger partial charge is 0.289 e. The number of amides is 1. The molecular formula is C14H14BrN3O4. The second kappa shape index (κ2) is 6.35. The topological polar surface area (TPSA) is 77.7 Å². The first-order valence-electron chi connectivity index (χ1n) is 6.74. The minimum absolute atomic E-state index is 0.106. The highest BCUT2D eigenvalue weighted by Gasteiger charge is 2.30. The van der Waals surface area contributed by atoms with E-state index < -0.39 is 0 Å². The fourth-order valence-electron chi connectivity index (χ4n) is 2.24. The van der Waals surface area contributed by atoms with E-state index in [9.17, 15) is 4.79 Å². The SMILES string of the molecule is COc1ccc(OC2CCN(C(=O)c3ccc(Br)o3)C2)nn1. The van der Waals surface area contributed by atoms with Crippen LogP contribution in [0.15, 0.2) is 33.4 Å². The summed E-state index contributed by atoms with van der Waals surface area (Å²) >= 11 is 3.19. The molecule has 0 aliphatic carbocycles. The molecule has 0 saturated carbocycles. The number of carbonyl (C=O) groups excluding carboxylic acids is 1. The monoisotopic (exact) mass is 367 g/mol. The number of aromatic nitrogens is 2. The van der Waals surface area contributed by atoms with E-state index in [1.165, 1.54) is 7.11 Å². The normalized spacial score (nSPS) is 17.5. The van der Waals surface area contributed by atoms with Crippen LogP contribution in [0, 0.1) is 0 Å². The third-order valence-corrected chi connectivity index (χ3v) is 3.75. The van der Waals surface area contributed by atoms with E-state index in [-0.39, 0.29) is 12.0 Å². The third-order valence-electron chi connectivity index (χ3n) is 3.33. The van der Waals surface area contributed by atoms with E-state index in [0.717, 1.165) is 6.42 Å². The maximum Gasteiger partial charge on any atom is 0.289 e. The van der Waals surface area contributed by atoms with Gasteiger partial charge >= 0.3 is 0 Å². The highest BCUT2D eigenvalue weighted by Crippen LogP contribution is 2.21. The van der Waals surface area contributed by atoms with Crippen LogP contribution in [0.3, 0.4) is 0 Å². The summed E-state index contributed by atoms with van der Waals surface area (Å²) in [4.78, 5) is 14.0. The van der Waals surface area contributed by atoms with Gasteiger partial charge in [0.25, 0.3) is 5.91 Å². The average molecular weight is 368 g/mol. The number of hydrogen-bond acceptors (Lipinski definition) is 6. The molecule has 1 amide bonds. The molecule has 116 valence electrons. The van der Waals surface area contributed by atoms with Gasteiger partial charge in [0.15, 0.2) is 10.4 Å². The Balaban J connectivity index is 1.58. The molecule has 8 heteroatoms. The largest absolute Gasteiger partial charge is 0.480 e. The predicted octanol–water partition coefficient (Wildman–Crippen LogP) is 2.13. The van der Waals surface area contributed by atoms with E-state index in [1.807, 2.05) is 0 Å². The van der Waals surface area contributed by atoms with Crippen LogP contribution >= 0.6 is 15.9 Å². The highest BCUT2D eigenvalue weighted by molar-refractivity contribution is 9.10. The maximum atomic E-state index is 12.3. The number of carbonyl (C=O) groups is 1. The number of methoxy groups -OCH3 is 1. The number of halogens is 1. The Bertz CT molecular complexity index is 658. The molecule has 0 radical (unpaired) electrons. The first-order chi connectivity index (χ1) is 10.7. The fourth-order valence-corrected chi connectivity index (χ4v) is 2.55. The number of nitrogens with zero attached hydrogens (tertiary/aromatic N) is 3. The van der Waals surface area contributed by atoms with Crippen molar-refractivity contribution in [1.82, 2.24) is 15.1 Å². The van der Waals surface area contributed by atoms with Gasteiger partial charge in [0.1, 0.15) is 6.10 Å². The Morgan fingerprint density at radius 1 is 1.32 bits per heavy atom. The number of hydrogen-bond donors (Lipinski definition) is 0. The van der Waals surface area contributed by atoms with Crippen molar-refractivity contribution in [3.8, 4) is 11.8 Å². The Hall–Kier alpha value is -2.09. The second-order valence-corrected chi connectivity index (χ2v) is 5.58. The number of rotatable bonds is 4. The molecule has 0 spiro atoms. The van der Waals surface area contributed by atoms with Crippen molar-refractivity contribution in [2.24, 2.45) is 0 Å². The molecule has 1 saturated heterocycles. The first kappa shape index (κ1) is 14.8. The molecule has 0 bridgehead atoms. The lowest BCUT2D eigenvalue weighted by atomic mass is 10.3. The zero-order chi connectivity index (χ0) is 15.5. The third kappa shape index (κ3) is 3.22. The van der Waals surface area contributed by atoms with Gasteiger partial charge in [0.05, 0.1) is 13.7 Å². The van der Waals surface area contributed by atoms with E-state index >= 15 is 0 Å². The standard InChI is InChI=1S/C14H14BrN3O4/c1-20-12-4-5-13(17-16-12)21-9-6-7-18(8-9)14(19)10-2-3-11(15)22-10/h2-5,9H,6-8H2,1H3. The molecular weight excluding hydrogens is 354 g/mol. The van der Waals surface area contributed by atoms with Gasteiger partial charge in [-0.1, -0.05) is 0 Å². The summed E-state index contributed by atoms with van der Waals surface area (Å²) in [7, 11) is 1.53. The van der Waals surface area contributed by atoms with Crippen molar-refractivity contribution >= 4 is 21.8 Å². The van der Waals surface area contributed by atoms with Crippen molar-refractivity contribution < 1.29 is 18.7 Å². The number of ether oxygens (including phenoxy) is 2. The van der Waals surface area contributed by atoms with E-state index in [1.54, 1.807) is 29.2 Å². The van der Waals surface area contributed by atoms with E-state index in [2.05, 4.69) is 26.1 Å². The van der Waals surface area contributed by atoms with Gasteiger partial charge in [0.2, 0.25) is 11.8 Å². The average Bonchev–Trinajstić information content (AvgIpc) is 3.16. The Labute approximate surface area is 135 Å². The lowest BCUT2D eigenvalue weighted by Gasteiger charge is -2.15. The summed E-state index contributed by atoms with van der Waals surface area (Å²) < 4.78 is 16.5. The molecule has 2 aromatic heterocycles. The van der Waals surface area contributed by atoms with Gasteiger partial charge < -0.3 is 18.8 Å². The summed E-state index contributed by atoms with van der Waals surface area (Å²) in [6.45, 7) is 1.11. The molecule has 1 aliphatic heterocycles. The van der Waals surface area contributed by atoms with Crippen LogP contribution in [0.2, 0.25) is 0 Å². The summed E-state index contributed by atoms with van der Waals surface area (Å²) in [6, 6.07) is 6.72. The maximum absolute atomic E-state index is 12.3. The van der Waals surface area contributed by atoms with Gasteiger partial charge in [-0.05, 0) is 28.1 Å². The summed E-state index contributed by atoms with van der Waals surface area (Å²) in [6.07, 6.45) is 0.631. The molecule has 7 nitrogen and oxygen atoms in total. The van der Waals surface area contributed by atoms with Gasteiger partial charge in [0, 0.05) is 25.1 Å². The van der Waals surface area contributed by atoms with Crippen LogP contribution in [0.1, 0.15) is 17.0 Å². The van der Waals surface area contributed by atoms with Gasteiger partial charge in [-0.25, -0.2) is 0 Å². The van der Waals surface area contributed by atoms with Gasteiger partial charge in [-0.15, -0.1) is 10.2 Å². The minimum Gasteiger partial charge on any atom is -0.480 e. The van der Waals surface area contributed by atoms with Crippen LogP contribution in [0.5, 0.6) is 11.8 Å². The van der Waals surface area contributed by atoms with Crippen LogP contribution in [-0.4, -0.2) is 47.3 Å². The number of furan rings is 1. The first-order valence-corrected chi connectivity index (χ1v) is 7.54. The fraction of sp³-hybridized carbons (Fsp3) is 0.357. The molecule has 3 heterocycles. The lowest BCUT2D eigenvalue weighted by molar-refractivity contribution is 0.0738. The zero-order valence-electron chi connectivity index (χ0n) is 11.9. The van der Waals surface area contributed by atoms with E-state index in [4.69, 9.17) is 13.9 Å². The zero-order valence-corrected chi connectivity index (χ0v) is 13.4. The van der Waals surface area contributed by atoms with Crippen molar-refractivity contribution in [1.29, 1.82) is 0 Å². The molecule has 0 aromatic carbocycles. The molecule has 1 aliphatic rings. The Kier molecular flexibility index (Phi) is 4.28. The predicted molar refractivity (Wildman–Crippen MR) is 79.9 cm³/mol. The van der Waals surface area contributed by atoms with Crippen molar-refractivity contribution in [3.63, 3.8) is 0 Å². The Morgan fingerprint density at radius 2 is 2.09 bits per heavy atom. The van der Waals surface area contributed by atoms with Crippen molar-refractivity contribution in [3.05, 3.63) is 34.7 Å². The van der Waals surface area contributed by atoms with Crippen LogP contribution < -0.4 is 9.47 Å². The molecule has 1 atom stereocenters. The van der Waals surface area contributed by atoms with Crippen LogP contribution in [0.4, 0.5) is 0 Å². The van der Waals surface area contributed by atoms with E-state index in [0.29, 0.717) is 35.3 Å². The van der Waals surface area contributed by atoms with Crippen molar-refractivity contribution in [2.45, 2.75) is 12.5 Å². The van der Waals surface area contributed by atoms with Crippen molar-refractivity contribution in [2.75, 3.05) is 20.2 Å². The lowest BCUT2D eigenvalue weighted by Crippen LogP contribution is -2.30. The number of likely N-dealkylation sites (tertiary alicyclic amines) is 1. The summed E-state index contributed by atoms with van der Waals surface area (Å²) in [5.41, 5.74) is 0. The quantitative estimate of drug-likeness (QED) is 0.823. The molecule has 1 fully saturated rings. The minimum atomic E-state index is -0.141.